The fraction of sp³-hybridized carbons (Fsp3) is 0.462. The molecule has 0 radical (unpaired) electrons. The van der Waals surface area contributed by atoms with Gasteiger partial charge in [-0.2, -0.15) is 0 Å². The number of fused-ring (bicyclic) bond motifs is 1. The van der Waals surface area contributed by atoms with Gasteiger partial charge in [-0.1, -0.05) is 13.0 Å². The summed E-state index contributed by atoms with van der Waals surface area (Å²) in [4.78, 5) is 5.06. The Bertz CT molecular complexity index is 469. The van der Waals surface area contributed by atoms with Crippen molar-refractivity contribution in [2.45, 2.75) is 31.6 Å². The fourth-order valence-electron chi connectivity index (χ4n) is 1.97. The van der Waals surface area contributed by atoms with Crippen LogP contribution < -0.4 is 5.32 Å². The average Bonchev–Trinajstić information content (AvgIpc) is 2.68. The number of aryl methyl sites for hydroxylation is 1. The van der Waals surface area contributed by atoms with Crippen molar-refractivity contribution in [3.8, 4) is 0 Å². The van der Waals surface area contributed by atoms with Gasteiger partial charge in [0.25, 0.3) is 0 Å². The highest BCUT2D eigenvalue weighted by Crippen LogP contribution is 2.32. The lowest BCUT2D eigenvalue weighted by atomic mass is 10.1. The van der Waals surface area contributed by atoms with Crippen LogP contribution in [0.25, 0.3) is 0 Å². The van der Waals surface area contributed by atoms with Crippen LogP contribution in [-0.4, -0.2) is 22.8 Å². The van der Waals surface area contributed by atoms with Gasteiger partial charge in [0.1, 0.15) is 0 Å². The molecular weight excluding hydrogens is 232 g/mol. The van der Waals surface area contributed by atoms with Gasteiger partial charge in [0.05, 0.1) is 26.9 Å². The zero-order valence-electron chi connectivity index (χ0n) is 10.3. The first-order valence-corrected chi connectivity index (χ1v) is 7.22. The minimum absolute atomic E-state index is 0.871. The van der Waals surface area contributed by atoms with Gasteiger partial charge in [0.2, 0.25) is 0 Å². The third kappa shape index (κ3) is 2.82. The van der Waals surface area contributed by atoms with Crippen LogP contribution >= 0.6 is 0 Å². The highest BCUT2D eigenvalue weighted by Gasteiger charge is 2.16. The molecule has 0 saturated heterocycles. The largest absolute Gasteiger partial charge is 0.316 e. The molecule has 1 aromatic rings. The average molecular weight is 250 g/mol. The van der Waals surface area contributed by atoms with E-state index in [2.05, 4.69) is 23.3 Å². The van der Waals surface area contributed by atoms with E-state index in [1.54, 1.807) is 0 Å². The summed E-state index contributed by atoms with van der Waals surface area (Å²) >= 11 is 0. The lowest BCUT2D eigenvalue weighted by Crippen LogP contribution is -2.17. The van der Waals surface area contributed by atoms with Crippen molar-refractivity contribution in [3.63, 3.8) is 0 Å². The van der Waals surface area contributed by atoms with Crippen molar-refractivity contribution in [1.29, 1.82) is 0 Å². The topological polar surface area (TPSA) is 41.5 Å². The van der Waals surface area contributed by atoms with Crippen molar-refractivity contribution < 1.29 is 4.21 Å². The van der Waals surface area contributed by atoms with Crippen LogP contribution in [0.2, 0.25) is 0 Å². The summed E-state index contributed by atoms with van der Waals surface area (Å²) in [5, 5.41) is 3.37. The van der Waals surface area contributed by atoms with Crippen LogP contribution in [0, 0.1) is 6.92 Å². The maximum Gasteiger partial charge on any atom is 0.0984 e. The molecule has 0 fully saturated rings. The first-order chi connectivity index (χ1) is 8.22. The Morgan fingerprint density at radius 2 is 2.18 bits per heavy atom. The third-order valence-electron chi connectivity index (χ3n) is 2.84. The molecule has 1 N–H and O–H groups in total. The van der Waals surface area contributed by atoms with E-state index in [-0.39, 0.29) is 0 Å². The Labute approximate surface area is 105 Å². The number of nitrogens with one attached hydrogen (secondary N) is 1. The van der Waals surface area contributed by atoms with Crippen LogP contribution in [0.15, 0.2) is 22.0 Å². The molecule has 4 heteroatoms. The molecule has 92 valence electrons. The van der Waals surface area contributed by atoms with Gasteiger partial charge in [-0.3, -0.25) is 0 Å². The minimum atomic E-state index is -1.04. The normalized spacial score (nSPS) is 17.4. The van der Waals surface area contributed by atoms with Crippen molar-refractivity contribution in [2.75, 3.05) is 13.1 Å². The first-order valence-electron chi connectivity index (χ1n) is 6.01. The summed E-state index contributed by atoms with van der Waals surface area (Å²) in [5.41, 5.74) is 4.78. The molecular formula is C13H18N2OS. The molecule has 0 amide bonds. The zero-order valence-corrected chi connectivity index (χ0v) is 11.1. The van der Waals surface area contributed by atoms with Crippen LogP contribution in [0.1, 0.15) is 24.5 Å². The second-order valence-corrected chi connectivity index (χ2v) is 5.54. The summed E-state index contributed by atoms with van der Waals surface area (Å²) in [6.45, 7) is 6.22. The summed E-state index contributed by atoms with van der Waals surface area (Å²) in [7, 11) is -1.04. The Hall–Kier alpha value is -1.00. The Morgan fingerprint density at radius 1 is 1.35 bits per heavy atom. The van der Waals surface area contributed by atoms with E-state index in [4.69, 9.17) is 0 Å². The number of nitrogens with zero attached hydrogens (tertiary/aromatic N) is 1. The molecule has 1 aliphatic rings. The predicted molar refractivity (Wildman–Crippen MR) is 72.6 cm³/mol. The molecule has 3 nitrogen and oxygen atoms in total. The second kappa shape index (κ2) is 5.56. The number of rotatable bonds is 5. The summed E-state index contributed by atoms with van der Waals surface area (Å²) < 4.78 is 11.7. The smallest absolute Gasteiger partial charge is 0.0984 e. The molecule has 1 atom stereocenters. The van der Waals surface area contributed by atoms with Gasteiger partial charge < -0.3 is 5.32 Å². The summed E-state index contributed by atoms with van der Waals surface area (Å²) in [6.07, 6.45) is 2.13. The molecule has 2 rings (SSSR count). The van der Waals surface area contributed by atoms with E-state index in [9.17, 15) is 4.21 Å². The molecule has 1 unspecified atom stereocenters. The highest BCUT2D eigenvalue weighted by atomic mass is 32.2. The second-order valence-electron chi connectivity index (χ2n) is 4.29. The molecule has 1 heterocycles. The van der Waals surface area contributed by atoms with Gasteiger partial charge in [0, 0.05) is 0 Å². The van der Waals surface area contributed by atoms with E-state index in [1.807, 2.05) is 13.0 Å². The molecule has 0 aliphatic carbocycles. The van der Waals surface area contributed by atoms with Gasteiger partial charge >= 0.3 is 0 Å². The molecule has 1 aromatic carbocycles. The van der Waals surface area contributed by atoms with Crippen LogP contribution in [-0.2, 0) is 17.2 Å². The molecule has 0 aromatic heterocycles. The van der Waals surface area contributed by atoms with Crippen molar-refractivity contribution in [1.82, 2.24) is 5.32 Å². The predicted octanol–water partition coefficient (Wildman–Crippen LogP) is 2.32. The van der Waals surface area contributed by atoms with Crippen molar-refractivity contribution in [3.05, 3.63) is 23.3 Å². The number of benzene rings is 1. The van der Waals surface area contributed by atoms with Gasteiger partial charge in [-0.15, -0.1) is 0 Å². The Kier molecular flexibility index (Phi) is 4.07. The lowest BCUT2D eigenvalue weighted by molar-refractivity contribution is 0.670. The summed E-state index contributed by atoms with van der Waals surface area (Å²) in [6, 6.07) is 4.17. The van der Waals surface area contributed by atoms with Crippen LogP contribution in [0.3, 0.4) is 0 Å². The molecule has 1 aliphatic heterocycles. The number of aliphatic imine (C=N–C) groups is 1. The quantitative estimate of drug-likeness (QED) is 0.815. The van der Waals surface area contributed by atoms with E-state index in [0.29, 0.717) is 0 Å². The van der Waals surface area contributed by atoms with Crippen LogP contribution in [0.4, 0.5) is 5.69 Å². The Morgan fingerprint density at radius 3 is 2.94 bits per heavy atom. The van der Waals surface area contributed by atoms with Crippen molar-refractivity contribution >= 4 is 22.0 Å². The lowest BCUT2D eigenvalue weighted by Gasteiger charge is -2.07. The standard InChI is InChI=1S/C13H18N2OS/c1-3-5-14-6-4-11-7-10(2)13-12(8-11)17(16)9-15-13/h7-9,14H,3-6H2,1-2H3. The fourth-order valence-corrected chi connectivity index (χ4v) is 2.96. The van der Waals surface area contributed by atoms with Crippen molar-refractivity contribution in [2.24, 2.45) is 4.99 Å². The van der Waals surface area contributed by atoms with E-state index in [1.165, 1.54) is 11.1 Å². The van der Waals surface area contributed by atoms with Gasteiger partial charge in [-0.25, -0.2) is 9.20 Å². The number of hydrogen-bond acceptors (Lipinski definition) is 3. The minimum Gasteiger partial charge on any atom is -0.316 e. The summed E-state index contributed by atoms with van der Waals surface area (Å²) in [5.74, 6) is 0. The zero-order chi connectivity index (χ0) is 12.3. The third-order valence-corrected chi connectivity index (χ3v) is 3.88. The maximum absolute atomic E-state index is 11.7. The van der Waals surface area contributed by atoms with E-state index in [0.717, 1.165) is 42.1 Å². The Balaban J connectivity index is 2.08. The van der Waals surface area contributed by atoms with Crippen LogP contribution in [0.5, 0.6) is 0 Å². The van der Waals surface area contributed by atoms with Gasteiger partial charge in [-0.05, 0) is 50.0 Å². The monoisotopic (exact) mass is 250 g/mol. The molecule has 0 bridgehead atoms. The molecule has 17 heavy (non-hydrogen) atoms. The first kappa shape index (κ1) is 12.5. The maximum atomic E-state index is 11.7. The molecule has 0 spiro atoms. The highest BCUT2D eigenvalue weighted by molar-refractivity contribution is 7.99. The van der Waals surface area contributed by atoms with E-state index < -0.39 is 10.8 Å². The van der Waals surface area contributed by atoms with Gasteiger partial charge in [0.15, 0.2) is 0 Å². The molecule has 0 saturated carbocycles. The number of hydrogen-bond donors (Lipinski definition) is 1. The van der Waals surface area contributed by atoms with E-state index >= 15 is 0 Å². The SMILES string of the molecule is CCCNCCc1cc(C)c2c(c1)S(=O)C=N2.